The minimum absolute atomic E-state index is 0.0407. The van der Waals surface area contributed by atoms with Gasteiger partial charge in [0.25, 0.3) is 0 Å². The molecular formula is C17H27N3O3S2. The molecule has 0 spiro atoms. The van der Waals surface area contributed by atoms with Gasteiger partial charge in [0.15, 0.2) is 9.84 Å². The average Bonchev–Trinajstić information content (AvgIpc) is 3.12. The number of methoxy groups -OCH3 is 1. The predicted octanol–water partition coefficient (Wildman–Crippen LogP) is 1.11. The highest BCUT2D eigenvalue weighted by Crippen LogP contribution is 2.26. The topological polar surface area (TPSA) is 79.5 Å². The first kappa shape index (κ1) is 19.1. The predicted molar refractivity (Wildman–Crippen MR) is 101 cm³/mol. The fourth-order valence-electron chi connectivity index (χ4n) is 3.34. The molecule has 2 fully saturated rings. The molecule has 25 heavy (non-hydrogen) atoms. The van der Waals surface area contributed by atoms with E-state index in [1.165, 1.54) is 24.9 Å². The highest BCUT2D eigenvalue weighted by atomic mass is 32.2. The van der Waals surface area contributed by atoms with E-state index in [9.17, 15) is 8.42 Å². The Hall–Kier alpha value is -0.640. The molecule has 140 valence electrons. The lowest BCUT2D eigenvalue weighted by Gasteiger charge is -2.38. The molecule has 3 N–H and O–H groups in total. The van der Waals surface area contributed by atoms with Crippen LogP contribution in [0.2, 0.25) is 0 Å². The van der Waals surface area contributed by atoms with Gasteiger partial charge in [-0.05, 0) is 36.3 Å². The average molecular weight is 386 g/mol. The molecule has 1 aromatic carbocycles. The third-order valence-corrected chi connectivity index (χ3v) is 7.27. The van der Waals surface area contributed by atoms with Crippen molar-refractivity contribution < 1.29 is 13.2 Å². The SMILES string of the molecule is COC1NCC(NCC2CCCS2)NC1c1ccc(S(C)(=O)=O)cc1. The number of hydrogen-bond donors (Lipinski definition) is 3. The Kier molecular flexibility index (Phi) is 6.40. The molecule has 4 unspecified atom stereocenters. The molecule has 0 aromatic heterocycles. The highest BCUT2D eigenvalue weighted by molar-refractivity contribution is 8.00. The molecule has 4 atom stereocenters. The Balaban J connectivity index is 1.66. The molecule has 0 saturated carbocycles. The van der Waals surface area contributed by atoms with Crippen LogP contribution < -0.4 is 16.0 Å². The van der Waals surface area contributed by atoms with Crippen LogP contribution >= 0.6 is 11.8 Å². The molecule has 8 heteroatoms. The number of sulfone groups is 1. The zero-order valence-electron chi connectivity index (χ0n) is 14.7. The van der Waals surface area contributed by atoms with Gasteiger partial charge >= 0.3 is 0 Å². The maximum atomic E-state index is 11.6. The molecule has 2 aliphatic heterocycles. The smallest absolute Gasteiger partial charge is 0.175 e. The summed E-state index contributed by atoms with van der Waals surface area (Å²) in [5.74, 6) is 1.27. The number of piperazine rings is 1. The van der Waals surface area contributed by atoms with Gasteiger partial charge < -0.3 is 4.74 Å². The summed E-state index contributed by atoms with van der Waals surface area (Å²) in [5.41, 5.74) is 1.01. The van der Waals surface area contributed by atoms with Crippen LogP contribution in [0.3, 0.4) is 0 Å². The molecule has 3 rings (SSSR count). The lowest BCUT2D eigenvalue weighted by atomic mass is 10.0. The number of nitrogens with one attached hydrogen (secondary N) is 3. The monoisotopic (exact) mass is 385 g/mol. The Labute approximate surface area is 154 Å². The number of hydrogen-bond acceptors (Lipinski definition) is 7. The first-order valence-electron chi connectivity index (χ1n) is 8.64. The zero-order chi connectivity index (χ0) is 17.9. The third-order valence-electron chi connectivity index (χ3n) is 4.74. The lowest BCUT2D eigenvalue weighted by Crippen LogP contribution is -2.62. The van der Waals surface area contributed by atoms with E-state index >= 15 is 0 Å². The van der Waals surface area contributed by atoms with Crippen molar-refractivity contribution >= 4 is 21.6 Å². The second-order valence-electron chi connectivity index (χ2n) is 6.65. The van der Waals surface area contributed by atoms with Gasteiger partial charge in [-0.15, -0.1) is 0 Å². The van der Waals surface area contributed by atoms with Crippen LogP contribution in [0.4, 0.5) is 0 Å². The standard InChI is InChI=1S/C17H27N3O3S2/c1-23-17-16(12-5-7-14(8-6-12)25(2,21)22)20-15(11-19-17)18-10-13-4-3-9-24-13/h5-8,13,15-20H,3-4,9-11H2,1-2H3. The number of thioether (sulfide) groups is 1. The van der Waals surface area contributed by atoms with Crippen LogP contribution in [0.1, 0.15) is 24.4 Å². The highest BCUT2D eigenvalue weighted by Gasteiger charge is 2.31. The van der Waals surface area contributed by atoms with Crippen molar-refractivity contribution in [1.82, 2.24) is 16.0 Å². The van der Waals surface area contributed by atoms with E-state index in [-0.39, 0.29) is 18.4 Å². The van der Waals surface area contributed by atoms with E-state index in [2.05, 4.69) is 16.0 Å². The molecule has 0 radical (unpaired) electrons. The van der Waals surface area contributed by atoms with Crippen molar-refractivity contribution in [2.24, 2.45) is 0 Å². The molecule has 0 amide bonds. The first-order valence-corrected chi connectivity index (χ1v) is 11.6. The second kappa shape index (κ2) is 8.37. The summed E-state index contributed by atoms with van der Waals surface area (Å²) < 4.78 is 28.8. The number of ether oxygens (including phenoxy) is 1. The molecule has 2 aliphatic rings. The minimum Gasteiger partial charge on any atom is -0.365 e. The van der Waals surface area contributed by atoms with Gasteiger partial charge in [0.2, 0.25) is 0 Å². The van der Waals surface area contributed by atoms with E-state index < -0.39 is 9.84 Å². The van der Waals surface area contributed by atoms with Crippen molar-refractivity contribution in [1.29, 1.82) is 0 Å². The van der Waals surface area contributed by atoms with Crippen LogP contribution in [0, 0.1) is 0 Å². The molecule has 0 aliphatic carbocycles. The summed E-state index contributed by atoms with van der Waals surface area (Å²) in [6.07, 6.45) is 3.83. The van der Waals surface area contributed by atoms with Crippen molar-refractivity contribution in [2.75, 3.05) is 32.2 Å². The van der Waals surface area contributed by atoms with Gasteiger partial charge in [-0.2, -0.15) is 11.8 Å². The van der Waals surface area contributed by atoms with Gasteiger partial charge in [0.1, 0.15) is 6.23 Å². The van der Waals surface area contributed by atoms with Crippen LogP contribution in [0.5, 0.6) is 0 Å². The second-order valence-corrected chi connectivity index (χ2v) is 10.1. The molecule has 0 bridgehead atoms. The zero-order valence-corrected chi connectivity index (χ0v) is 16.3. The van der Waals surface area contributed by atoms with Crippen LogP contribution in [-0.2, 0) is 14.6 Å². The summed E-state index contributed by atoms with van der Waals surface area (Å²) in [6, 6.07) is 6.99. The quantitative estimate of drug-likeness (QED) is 0.677. The summed E-state index contributed by atoms with van der Waals surface area (Å²) in [4.78, 5) is 0.335. The summed E-state index contributed by atoms with van der Waals surface area (Å²) in [7, 11) is -1.50. The van der Waals surface area contributed by atoms with E-state index in [4.69, 9.17) is 4.74 Å². The van der Waals surface area contributed by atoms with Gasteiger partial charge in [0.05, 0.1) is 17.1 Å². The van der Waals surface area contributed by atoms with E-state index in [1.54, 1.807) is 19.2 Å². The van der Waals surface area contributed by atoms with Crippen molar-refractivity contribution in [3.8, 4) is 0 Å². The Morgan fingerprint density at radius 3 is 2.68 bits per heavy atom. The number of benzene rings is 1. The van der Waals surface area contributed by atoms with Gasteiger partial charge in [-0.25, -0.2) is 8.42 Å². The third kappa shape index (κ3) is 4.96. The van der Waals surface area contributed by atoms with Crippen molar-refractivity contribution in [3.63, 3.8) is 0 Å². The van der Waals surface area contributed by atoms with Crippen molar-refractivity contribution in [3.05, 3.63) is 29.8 Å². The van der Waals surface area contributed by atoms with Crippen LogP contribution in [0.25, 0.3) is 0 Å². The molecule has 2 heterocycles. The Morgan fingerprint density at radius 2 is 2.08 bits per heavy atom. The van der Waals surface area contributed by atoms with E-state index in [0.29, 0.717) is 10.1 Å². The molecule has 1 aromatic rings. The van der Waals surface area contributed by atoms with Gasteiger partial charge in [-0.3, -0.25) is 16.0 Å². The minimum atomic E-state index is -3.18. The fraction of sp³-hybridized carbons (Fsp3) is 0.647. The summed E-state index contributed by atoms with van der Waals surface area (Å²) >= 11 is 2.04. The maximum absolute atomic E-state index is 11.6. The fourth-order valence-corrected chi connectivity index (χ4v) is 5.18. The van der Waals surface area contributed by atoms with E-state index in [1.807, 2.05) is 23.9 Å². The molecular weight excluding hydrogens is 358 g/mol. The Morgan fingerprint density at radius 1 is 1.32 bits per heavy atom. The van der Waals surface area contributed by atoms with Gasteiger partial charge in [-0.1, -0.05) is 12.1 Å². The van der Waals surface area contributed by atoms with E-state index in [0.717, 1.165) is 18.7 Å². The normalized spacial score (nSPS) is 30.5. The summed E-state index contributed by atoms with van der Waals surface area (Å²) in [5, 5.41) is 11.3. The van der Waals surface area contributed by atoms with Gasteiger partial charge in [0, 0.05) is 31.7 Å². The molecule has 2 saturated heterocycles. The summed E-state index contributed by atoms with van der Waals surface area (Å²) in [6.45, 7) is 1.79. The van der Waals surface area contributed by atoms with Crippen LogP contribution in [0.15, 0.2) is 29.2 Å². The maximum Gasteiger partial charge on any atom is 0.175 e. The largest absolute Gasteiger partial charge is 0.365 e. The van der Waals surface area contributed by atoms with Crippen molar-refractivity contribution in [2.45, 2.75) is 41.4 Å². The first-order chi connectivity index (χ1) is 12.0. The molecule has 6 nitrogen and oxygen atoms in total. The Bertz CT molecular complexity index is 660. The lowest BCUT2D eigenvalue weighted by molar-refractivity contribution is 0.0123. The number of rotatable bonds is 6. The van der Waals surface area contributed by atoms with Crippen LogP contribution in [-0.4, -0.2) is 58.3 Å².